The summed E-state index contributed by atoms with van der Waals surface area (Å²) in [5.74, 6) is -0.155. The quantitative estimate of drug-likeness (QED) is 0.376. The molecule has 0 fully saturated rings. The topological polar surface area (TPSA) is 37.3 Å². The molecule has 1 aliphatic rings. The van der Waals surface area contributed by atoms with E-state index in [9.17, 15) is 9.90 Å². The first-order valence-electron chi connectivity index (χ1n) is 12.6. The number of aliphatic hydroxyl groups excluding tert-OH is 1. The summed E-state index contributed by atoms with van der Waals surface area (Å²) in [5, 5.41) is 14.3. The molecule has 0 spiro atoms. The van der Waals surface area contributed by atoms with Crippen molar-refractivity contribution in [1.82, 2.24) is 0 Å². The van der Waals surface area contributed by atoms with Gasteiger partial charge in [0.05, 0.1) is 6.16 Å². The Morgan fingerprint density at radius 2 is 1.32 bits per heavy atom. The molecule has 0 bridgehead atoms. The van der Waals surface area contributed by atoms with E-state index >= 15 is 0 Å². The van der Waals surface area contributed by atoms with Crippen LogP contribution < -0.4 is 28.3 Å². The Hall–Kier alpha value is -2.77. The van der Waals surface area contributed by atoms with Gasteiger partial charge in [-0.25, -0.2) is 0 Å². The number of Topliss-reactive ketones (excluding diaryl/α,β-unsaturated/α-hetero) is 1. The Kier molecular flexibility index (Phi) is 9.48. The number of hydrogen-bond acceptors (Lipinski definition) is 2. The molecule has 4 heteroatoms. The largest absolute Gasteiger partial charge is 1.00 e. The first-order chi connectivity index (χ1) is 17.3. The van der Waals surface area contributed by atoms with Crippen molar-refractivity contribution in [2.75, 3.05) is 6.16 Å². The maximum Gasteiger partial charge on any atom is 0.187 e. The molecule has 1 aliphatic carbocycles. The first kappa shape index (κ1) is 28.8. The summed E-state index contributed by atoms with van der Waals surface area (Å²) in [5.41, 5.74) is 2.60. The van der Waals surface area contributed by atoms with Crippen molar-refractivity contribution in [2.45, 2.75) is 40.2 Å². The number of ketones is 1. The van der Waals surface area contributed by atoms with E-state index in [2.05, 4.69) is 130 Å². The normalized spacial score (nSPS) is 18.1. The molecule has 0 saturated heterocycles. The molecule has 37 heavy (non-hydrogen) atoms. The second kappa shape index (κ2) is 12.2. The van der Waals surface area contributed by atoms with Crippen molar-refractivity contribution in [1.29, 1.82) is 0 Å². The Morgan fingerprint density at radius 3 is 1.76 bits per heavy atom. The van der Waals surface area contributed by atoms with Crippen molar-refractivity contribution >= 4 is 29.0 Å². The molecule has 1 unspecified atom stereocenters. The van der Waals surface area contributed by atoms with Crippen LogP contribution in [-0.2, 0) is 4.79 Å². The van der Waals surface area contributed by atoms with E-state index in [4.69, 9.17) is 0 Å². The highest BCUT2D eigenvalue weighted by atomic mass is 35.5. The number of halogens is 1. The zero-order chi connectivity index (χ0) is 25.8. The predicted octanol–water partition coefficient (Wildman–Crippen LogP) is 3.16. The van der Waals surface area contributed by atoms with Crippen molar-refractivity contribution in [3.05, 3.63) is 126 Å². The molecule has 0 aliphatic heterocycles. The van der Waals surface area contributed by atoms with Crippen LogP contribution in [0.4, 0.5) is 0 Å². The number of rotatable bonds is 7. The lowest BCUT2D eigenvalue weighted by atomic mass is 9.71. The lowest BCUT2D eigenvalue weighted by Gasteiger charge is -2.34. The highest BCUT2D eigenvalue weighted by Gasteiger charge is 2.44. The molecular formula is C33H36ClO2P. The number of benzene rings is 3. The minimum Gasteiger partial charge on any atom is -1.00 e. The molecular weight excluding hydrogens is 495 g/mol. The SMILES string of the molecule is CC(C=CC1=C(C)C(=O)C(O)CC1(C)C)=CC[P+](c1ccccc1)(c1ccccc1)c1ccccc1.[Cl-]. The molecule has 0 radical (unpaired) electrons. The highest BCUT2D eigenvalue weighted by Crippen LogP contribution is 2.55. The van der Waals surface area contributed by atoms with E-state index in [0.717, 1.165) is 17.3 Å². The molecule has 2 nitrogen and oxygen atoms in total. The molecule has 3 aromatic rings. The fourth-order valence-electron chi connectivity index (χ4n) is 5.30. The monoisotopic (exact) mass is 530 g/mol. The Balaban J connectivity index is 0.00000380. The van der Waals surface area contributed by atoms with Crippen LogP contribution >= 0.6 is 7.26 Å². The second-order valence-corrected chi connectivity index (χ2v) is 13.8. The molecule has 1 N–H and O–H groups in total. The van der Waals surface area contributed by atoms with Gasteiger partial charge in [0.25, 0.3) is 0 Å². The standard InChI is InChI=1S/C33H36O2P.ClH/c1-25(20-21-30-26(2)32(35)31(34)24-33(30,3)4)22-23-36(27-14-8-5-9-15-27,28-16-10-6-11-17-28)29-18-12-7-13-19-29;/h5-22,31,34H,23-24H2,1-4H3;1H/q+1;/p-1. The number of allylic oxidation sites excluding steroid dienone is 5. The van der Waals surface area contributed by atoms with Crippen LogP contribution in [0.25, 0.3) is 0 Å². The van der Waals surface area contributed by atoms with Gasteiger partial charge in [0.2, 0.25) is 0 Å². The molecule has 0 saturated carbocycles. The van der Waals surface area contributed by atoms with Crippen molar-refractivity contribution in [3.8, 4) is 0 Å². The van der Waals surface area contributed by atoms with Gasteiger partial charge < -0.3 is 17.5 Å². The molecule has 3 aromatic carbocycles. The lowest BCUT2D eigenvalue weighted by molar-refractivity contribution is -0.125. The van der Waals surface area contributed by atoms with Gasteiger partial charge in [-0.1, -0.05) is 86.2 Å². The number of carbonyl (C=O) groups excluding carboxylic acids is 1. The Labute approximate surface area is 228 Å². The molecule has 0 amide bonds. The van der Waals surface area contributed by atoms with Crippen molar-refractivity contribution in [3.63, 3.8) is 0 Å². The Morgan fingerprint density at radius 1 is 0.892 bits per heavy atom. The summed E-state index contributed by atoms with van der Waals surface area (Å²) in [4.78, 5) is 12.4. The van der Waals surface area contributed by atoms with Crippen LogP contribution in [0, 0.1) is 5.41 Å². The van der Waals surface area contributed by atoms with Crippen molar-refractivity contribution < 1.29 is 22.3 Å². The van der Waals surface area contributed by atoms with Crippen LogP contribution in [0.1, 0.15) is 34.1 Å². The highest BCUT2D eigenvalue weighted by molar-refractivity contribution is 7.95. The third kappa shape index (κ3) is 6.04. The zero-order valence-electron chi connectivity index (χ0n) is 22.1. The van der Waals surface area contributed by atoms with E-state index < -0.39 is 13.4 Å². The van der Waals surface area contributed by atoms with Gasteiger partial charge in [0, 0.05) is 0 Å². The van der Waals surface area contributed by atoms with Crippen LogP contribution in [0.2, 0.25) is 0 Å². The van der Waals surface area contributed by atoms with E-state index in [1.807, 2.05) is 6.92 Å². The molecule has 0 heterocycles. The molecule has 1 atom stereocenters. The van der Waals surface area contributed by atoms with Gasteiger partial charge in [0.15, 0.2) is 5.78 Å². The van der Waals surface area contributed by atoms with Crippen molar-refractivity contribution in [2.24, 2.45) is 5.41 Å². The van der Waals surface area contributed by atoms with E-state index in [1.165, 1.54) is 15.9 Å². The van der Waals surface area contributed by atoms with Crippen LogP contribution in [0.15, 0.2) is 126 Å². The summed E-state index contributed by atoms with van der Waals surface area (Å²) in [7, 11) is -1.93. The maximum absolute atomic E-state index is 12.4. The predicted molar refractivity (Wildman–Crippen MR) is 155 cm³/mol. The van der Waals surface area contributed by atoms with Gasteiger partial charge in [0.1, 0.15) is 29.3 Å². The van der Waals surface area contributed by atoms with Crippen LogP contribution in [-0.4, -0.2) is 23.2 Å². The van der Waals surface area contributed by atoms with Gasteiger partial charge >= 0.3 is 0 Å². The van der Waals surface area contributed by atoms with Crippen LogP contribution in [0.5, 0.6) is 0 Å². The fraction of sp³-hybridized carbons (Fsp3) is 0.242. The first-order valence-corrected chi connectivity index (χ1v) is 14.6. The summed E-state index contributed by atoms with van der Waals surface area (Å²) in [6.45, 7) is 8.17. The summed E-state index contributed by atoms with van der Waals surface area (Å²) < 4.78 is 0. The third-order valence-corrected chi connectivity index (χ3v) is 11.6. The second-order valence-electron chi connectivity index (χ2n) is 10.3. The third-order valence-electron chi connectivity index (χ3n) is 7.30. The summed E-state index contributed by atoms with van der Waals surface area (Å²) in [6, 6.07) is 32.7. The van der Waals surface area contributed by atoms with Gasteiger partial charge in [-0.3, -0.25) is 4.79 Å². The average molecular weight is 531 g/mol. The van der Waals surface area contributed by atoms with Crippen LogP contribution in [0.3, 0.4) is 0 Å². The summed E-state index contributed by atoms with van der Waals surface area (Å²) in [6.07, 6.45) is 7.01. The number of hydrogen-bond donors (Lipinski definition) is 1. The van der Waals surface area contributed by atoms with Gasteiger partial charge in [-0.05, 0) is 79.3 Å². The minimum atomic E-state index is -1.93. The number of carbonyl (C=O) groups is 1. The van der Waals surface area contributed by atoms with Gasteiger partial charge in [-0.2, -0.15) is 0 Å². The fourth-order valence-corrected chi connectivity index (χ4v) is 9.43. The van der Waals surface area contributed by atoms with E-state index in [-0.39, 0.29) is 23.6 Å². The molecule has 0 aromatic heterocycles. The Bertz CT molecular complexity index is 1200. The van der Waals surface area contributed by atoms with E-state index in [0.29, 0.717) is 12.0 Å². The summed E-state index contributed by atoms with van der Waals surface area (Å²) >= 11 is 0. The smallest absolute Gasteiger partial charge is 0.187 e. The minimum absolute atomic E-state index is 0. The number of aliphatic hydroxyl groups is 1. The average Bonchev–Trinajstić information content (AvgIpc) is 2.89. The molecule has 4 rings (SSSR count). The van der Waals surface area contributed by atoms with Gasteiger partial charge in [-0.15, -0.1) is 0 Å². The molecule has 192 valence electrons. The lowest BCUT2D eigenvalue weighted by Crippen LogP contribution is -3.00. The van der Waals surface area contributed by atoms with E-state index in [1.54, 1.807) is 0 Å². The zero-order valence-corrected chi connectivity index (χ0v) is 23.7. The maximum atomic E-state index is 12.4.